The van der Waals surface area contributed by atoms with E-state index in [-0.39, 0.29) is 24.0 Å². The van der Waals surface area contributed by atoms with Gasteiger partial charge in [0, 0.05) is 15.2 Å². The van der Waals surface area contributed by atoms with Crippen molar-refractivity contribution < 1.29 is 14.4 Å². The van der Waals surface area contributed by atoms with Crippen LogP contribution in [0.5, 0.6) is 0 Å². The van der Waals surface area contributed by atoms with Crippen LogP contribution in [0, 0.1) is 0 Å². The third kappa shape index (κ3) is 6.70. The number of carbonyl (C=O) groups excluding carboxylic acids is 3. The maximum Gasteiger partial charge on any atom is 0.231 e. The van der Waals surface area contributed by atoms with Crippen LogP contribution in [0.1, 0.15) is 10.6 Å². The Bertz CT molecular complexity index is 1000. The van der Waals surface area contributed by atoms with Crippen LogP contribution >= 0.6 is 34.4 Å². The zero-order chi connectivity index (χ0) is 20.6. The summed E-state index contributed by atoms with van der Waals surface area (Å²) in [5.74, 6) is -0.669. The van der Waals surface area contributed by atoms with Gasteiger partial charge in [0.1, 0.15) is 0 Å². The summed E-state index contributed by atoms with van der Waals surface area (Å²) in [4.78, 5) is 41.5. The summed E-state index contributed by atoms with van der Waals surface area (Å²) in [5.41, 5.74) is 6.37. The maximum atomic E-state index is 12.4. The molecule has 10 heteroatoms. The number of nitrogens with two attached hydrogens (primary N) is 1. The number of primary amides is 1. The highest BCUT2D eigenvalue weighted by atomic mass is 32.2. The first-order valence-electron chi connectivity index (χ1n) is 8.56. The van der Waals surface area contributed by atoms with Gasteiger partial charge in [-0.2, -0.15) is 0 Å². The number of hydrogen-bond donors (Lipinski definition) is 3. The van der Waals surface area contributed by atoms with Crippen molar-refractivity contribution in [1.29, 1.82) is 0 Å². The third-order valence-corrected chi connectivity index (χ3v) is 6.36. The summed E-state index contributed by atoms with van der Waals surface area (Å²) in [6.45, 7) is 0. The Hall–Kier alpha value is -2.69. The lowest BCUT2D eigenvalue weighted by Gasteiger charge is -2.09. The molecular formula is C19H18N4O3S3. The zero-order valence-electron chi connectivity index (χ0n) is 15.2. The molecule has 2 aromatic heterocycles. The van der Waals surface area contributed by atoms with E-state index >= 15 is 0 Å². The van der Waals surface area contributed by atoms with Crippen LogP contribution < -0.4 is 16.4 Å². The number of nitrogens with zero attached hydrogens (tertiary/aromatic N) is 1. The SMILES string of the molecule is NC(=O)CSc1ccccc1NC(=O)Cc1csc(NC(=O)Cc2cccs2)n1. The Morgan fingerprint density at radius 2 is 1.79 bits per heavy atom. The fourth-order valence-electron chi connectivity index (χ4n) is 2.38. The number of thiophene rings is 1. The lowest BCUT2D eigenvalue weighted by Crippen LogP contribution is -2.16. The van der Waals surface area contributed by atoms with Gasteiger partial charge in [0.2, 0.25) is 17.7 Å². The summed E-state index contributed by atoms with van der Waals surface area (Å²) in [5, 5.41) is 9.72. The molecule has 7 nitrogen and oxygen atoms in total. The smallest absolute Gasteiger partial charge is 0.231 e. The quantitative estimate of drug-likeness (QED) is 0.437. The molecule has 0 atom stereocenters. The van der Waals surface area contributed by atoms with Crippen molar-refractivity contribution in [2.24, 2.45) is 5.73 Å². The highest BCUT2D eigenvalue weighted by Crippen LogP contribution is 2.27. The second-order valence-corrected chi connectivity index (χ2v) is 8.83. The predicted molar refractivity (Wildman–Crippen MR) is 117 cm³/mol. The highest BCUT2D eigenvalue weighted by Gasteiger charge is 2.13. The number of nitrogens with one attached hydrogen (secondary N) is 2. The van der Waals surface area contributed by atoms with Gasteiger partial charge < -0.3 is 16.4 Å². The maximum absolute atomic E-state index is 12.4. The molecule has 2 heterocycles. The van der Waals surface area contributed by atoms with Crippen LogP contribution in [0.4, 0.5) is 10.8 Å². The van der Waals surface area contributed by atoms with Gasteiger partial charge in [-0.25, -0.2) is 4.98 Å². The molecular weight excluding hydrogens is 428 g/mol. The van der Waals surface area contributed by atoms with E-state index in [2.05, 4.69) is 15.6 Å². The second kappa shape index (κ2) is 10.2. The van der Waals surface area contributed by atoms with Gasteiger partial charge in [-0.05, 0) is 23.6 Å². The largest absolute Gasteiger partial charge is 0.369 e. The van der Waals surface area contributed by atoms with E-state index in [9.17, 15) is 14.4 Å². The Morgan fingerprint density at radius 1 is 1.00 bits per heavy atom. The second-order valence-electron chi connectivity index (χ2n) is 5.92. The standard InChI is InChI=1S/C19H18N4O3S3/c20-16(24)11-28-15-6-2-1-5-14(15)22-17(25)8-12-10-29-19(21-12)23-18(26)9-13-4-3-7-27-13/h1-7,10H,8-9,11H2,(H2,20,24)(H,22,25)(H,21,23,26). The van der Waals surface area contributed by atoms with E-state index in [4.69, 9.17) is 5.73 Å². The number of thioether (sulfide) groups is 1. The van der Waals surface area contributed by atoms with E-state index in [0.29, 0.717) is 22.9 Å². The van der Waals surface area contributed by atoms with Crippen molar-refractivity contribution in [3.8, 4) is 0 Å². The normalized spacial score (nSPS) is 10.5. The Kier molecular flexibility index (Phi) is 7.39. The van der Waals surface area contributed by atoms with E-state index < -0.39 is 5.91 Å². The van der Waals surface area contributed by atoms with Crippen molar-refractivity contribution in [2.75, 3.05) is 16.4 Å². The van der Waals surface area contributed by atoms with Crippen molar-refractivity contribution >= 4 is 63.0 Å². The Balaban J connectivity index is 1.54. The Morgan fingerprint density at radius 3 is 2.55 bits per heavy atom. The number of thiazole rings is 1. The van der Waals surface area contributed by atoms with Crippen LogP contribution in [-0.4, -0.2) is 28.5 Å². The van der Waals surface area contributed by atoms with Gasteiger partial charge in [-0.3, -0.25) is 14.4 Å². The van der Waals surface area contributed by atoms with E-state index in [0.717, 1.165) is 9.77 Å². The molecule has 0 radical (unpaired) electrons. The Labute approximate surface area is 179 Å². The number of hydrogen-bond acceptors (Lipinski definition) is 7. The van der Waals surface area contributed by atoms with Gasteiger partial charge in [0.15, 0.2) is 5.13 Å². The van der Waals surface area contributed by atoms with Crippen LogP contribution in [0.2, 0.25) is 0 Å². The highest BCUT2D eigenvalue weighted by molar-refractivity contribution is 8.00. The summed E-state index contributed by atoms with van der Waals surface area (Å²) >= 11 is 4.07. The number of aromatic nitrogens is 1. The van der Waals surface area contributed by atoms with Gasteiger partial charge >= 0.3 is 0 Å². The zero-order valence-corrected chi connectivity index (χ0v) is 17.7. The van der Waals surface area contributed by atoms with E-state index in [1.165, 1.54) is 34.4 Å². The molecule has 3 aromatic rings. The molecule has 0 saturated heterocycles. The molecule has 3 rings (SSSR count). The van der Waals surface area contributed by atoms with Gasteiger partial charge in [-0.15, -0.1) is 34.4 Å². The predicted octanol–water partition coefficient (Wildman–Crippen LogP) is 3.14. The number of benzene rings is 1. The van der Waals surface area contributed by atoms with Crippen LogP contribution in [0.25, 0.3) is 0 Å². The number of rotatable bonds is 9. The van der Waals surface area contributed by atoms with Crippen molar-refractivity contribution in [3.63, 3.8) is 0 Å². The average Bonchev–Trinajstić information content (AvgIpc) is 3.33. The molecule has 0 saturated carbocycles. The minimum Gasteiger partial charge on any atom is -0.369 e. The summed E-state index contributed by atoms with van der Waals surface area (Å²) in [6.07, 6.45) is 0.374. The first-order chi connectivity index (χ1) is 14.0. The summed E-state index contributed by atoms with van der Waals surface area (Å²) < 4.78 is 0. The van der Waals surface area contributed by atoms with Crippen LogP contribution in [0.3, 0.4) is 0 Å². The lowest BCUT2D eigenvalue weighted by atomic mass is 10.3. The molecule has 1 aromatic carbocycles. The minimum atomic E-state index is -0.424. The van der Waals surface area contributed by atoms with Crippen molar-refractivity contribution in [1.82, 2.24) is 4.98 Å². The number of anilines is 2. The minimum absolute atomic E-state index is 0.0755. The third-order valence-electron chi connectivity index (χ3n) is 3.59. The van der Waals surface area contributed by atoms with E-state index in [1.54, 1.807) is 17.5 Å². The van der Waals surface area contributed by atoms with Crippen LogP contribution in [0.15, 0.2) is 52.1 Å². The molecule has 0 aliphatic carbocycles. The molecule has 0 aliphatic heterocycles. The van der Waals surface area contributed by atoms with E-state index in [1.807, 2.05) is 29.6 Å². The monoisotopic (exact) mass is 446 g/mol. The molecule has 4 N–H and O–H groups in total. The molecule has 0 aliphatic rings. The molecule has 3 amide bonds. The van der Waals surface area contributed by atoms with Crippen LogP contribution in [-0.2, 0) is 27.2 Å². The lowest BCUT2D eigenvalue weighted by molar-refractivity contribution is -0.116. The van der Waals surface area contributed by atoms with Gasteiger partial charge in [-0.1, -0.05) is 18.2 Å². The first-order valence-corrected chi connectivity index (χ1v) is 11.3. The molecule has 29 heavy (non-hydrogen) atoms. The topological polar surface area (TPSA) is 114 Å². The van der Waals surface area contributed by atoms with Gasteiger partial charge in [0.25, 0.3) is 0 Å². The fraction of sp³-hybridized carbons (Fsp3) is 0.158. The average molecular weight is 447 g/mol. The summed E-state index contributed by atoms with van der Waals surface area (Å²) in [6, 6.07) is 11.0. The molecule has 0 fully saturated rings. The fourth-order valence-corrected chi connectivity index (χ4v) is 4.56. The number of amides is 3. The van der Waals surface area contributed by atoms with Crippen molar-refractivity contribution in [2.45, 2.75) is 17.7 Å². The summed E-state index contributed by atoms with van der Waals surface area (Å²) in [7, 11) is 0. The van der Waals surface area contributed by atoms with Gasteiger partial charge in [0.05, 0.1) is 30.0 Å². The van der Waals surface area contributed by atoms with Crippen molar-refractivity contribution in [3.05, 3.63) is 57.7 Å². The number of carbonyl (C=O) groups is 3. The molecule has 150 valence electrons. The molecule has 0 bridgehead atoms. The molecule has 0 spiro atoms. The molecule has 0 unspecified atom stereocenters. The first kappa shape index (κ1) is 21.0. The number of para-hydroxylation sites is 1.